The van der Waals surface area contributed by atoms with Crippen molar-refractivity contribution in [2.24, 2.45) is 28.0 Å². The SMILES string of the molecule is COC1CC(N=NC2CC3C(CCCC3S(=O)(=O)[O-])C(S(=O)(=O)[O-])C2)C(C)CC1NC1NC(SCCCS(=O)(=O)[O-])NC(SCCCS(=O)(=O)[O-])N1.[Na+].[Na+].[Na+].[Na+]. The van der Waals surface area contributed by atoms with E-state index in [-0.39, 0.29) is 174 Å². The van der Waals surface area contributed by atoms with E-state index in [1.165, 1.54) is 23.5 Å². The van der Waals surface area contributed by atoms with Crippen LogP contribution in [0.25, 0.3) is 0 Å². The minimum absolute atomic E-state index is 0. The Morgan fingerprint density at radius 2 is 1.23 bits per heavy atom. The maximum Gasteiger partial charge on any atom is 1.00 e. The van der Waals surface area contributed by atoms with Gasteiger partial charge in [0, 0.05) is 24.7 Å². The van der Waals surface area contributed by atoms with Crippen LogP contribution in [0.2, 0.25) is 0 Å². The van der Waals surface area contributed by atoms with Crippen LogP contribution < -0.4 is 139 Å². The van der Waals surface area contributed by atoms with E-state index in [4.69, 9.17) is 4.74 Å². The molecular formula is C27H48N6Na4O13S6. The number of azo groups is 1. The average Bonchev–Trinajstić information content (AvgIpc) is 3.02. The summed E-state index contributed by atoms with van der Waals surface area (Å²) in [5.41, 5.74) is -0.788. The number of ether oxygens (including phenoxy) is 1. The van der Waals surface area contributed by atoms with Gasteiger partial charge in [-0.2, -0.15) is 10.2 Å². The molecule has 1 heterocycles. The molecule has 4 fully saturated rings. The van der Waals surface area contributed by atoms with Crippen LogP contribution in [-0.4, -0.2) is 134 Å². The smallest absolute Gasteiger partial charge is 0.748 e. The summed E-state index contributed by atoms with van der Waals surface area (Å²) in [6, 6.07) is -1.29. The third kappa shape index (κ3) is 19.9. The van der Waals surface area contributed by atoms with Gasteiger partial charge in [-0.25, -0.2) is 33.7 Å². The summed E-state index contributed by atoms with van der Waals surface area (Å²) in [5.74, 6) is -1.83. The molecule has 1 saturated heterocycles. The van der Waals surface area contributed by atoms with Crippen LogP contribution in [0.3, 0.4) is 0 Å². The minimum Gasteiger partial charge on any atom is -0.748 e. The van der Waals surface area contributed by atoms with E-state index in [1.54, 1.807) is 7.11 Å². The van der Waals surface area contributed by atoms with Crippen molar-refractivity contribution in [1.82, 2.24) is 21.3 Å². The van der Waals surface area contributed by atoms with Crippen molar-refractivity contribution in [3.8, 4) is 0 Å². The number of methoxy groups -OCH3 is 1. The molecule has 0 radical (unpaired) electrons. The number of nitrogens with one attached hydrogen (secondary N) is 4. The molecular weight excluding hydrogens is 901 g/mol. The van der Waals surface area contributed by atoms with Gasteiger partial charge in [-0.15, -0.1) is 23.5 Å². The first-order valence-corrected chi connectivity index (χ1v) is 25.3. The molecule has 4 aliphatic rings. The fourth-order valence-electron chi connectivity index (χ4n) is 7.77. The van der Waals surface area contributed by atoms with Gasteiger partial charge in [-0.3, -0.25) is 21.3 Å². The van der Waals surface area contributed by atoms with Crippen molar-refractivity contribution < 1.29 is 175 Å². The van der Waals surface area contributed by atoms with Gasteiger partial charge in [0.05, 0.1) is 69.2 Å². The molecule has 0 amide bonds. The monoisotopic (exact) mass is 948 g/mol. The fraction of sp³-hybridized carbons (Fsp3) is 1.00. The number of thioether (sulfide) groups is 2. The Balaban J connectivity index is 0.00000756. The molecule has 3 saturated carbocycles. The van der Waals surface area contributed by atoms with Gasteiger partial charge in [0.1, 0.15) is 17.3 Å². The number of hydrogen-bond donors (Lipinski definition) is 4. The van der Waals surface area contributed by atoms with Crippen LogP contribution in [0, 0.1) is 17.8 Å². The molecule has 56 heavy (non-hydrogen) atoms. The topological polar surface area (TPSA) is 311 Å². The van der Waals surface area contributed by atoms with E-state index in [9.17, 15) is 51.9 Å². The van der Waals surface area contributed by atoms with Gasteiger partial charge in [-0.05, 0) is 80.6 Å². The molecule has 0 bridgehead atoms. The van der Waals surface area contributed by atoms with Crippen molar-refractivity contribution in [3.63, 3.8) is 0 Å². The molecule has 0 aromatic carbocycles. The molecule has 19 nitrogen and oxygen atoms in total. The minimum atomic E-state index is -4.79. The van der Waals surface area contributed by atoms with Crippen molar-refractivity contribution in [2.45, 2.75) is 117 Å². The van der Waals surface area contributed by atoms with E-state index >= 15 is 0 Å². The molecule has 304 valence electrons. The zero-order valence-corrected chi connectivity index (χ0v) is 45.7. The van der Waals surface area contributed by atoms with Crippen LogP contribution in [0.1, 0.15) is 64.7 Å². The second kappa shape index (κ2) is 26.6. The Hall–Kier alpha value is 3.74. The van der Waals surface area contributed by atoms with Crippen molar-refractivity contribution in [1.29, 1.82) is 0 Å². The van der Waals surface area contributed by atoms with E-state index in [0.29, 0.717) is 37.2 Å². The molecule has 11 unspecified atom stereocenters. The second-order valence-corrected chi connectivity index (χ2v) is 22.6. The number of fused-ring (bicyclic) bond motifs is 1. The van der Waals surface area contributed by atoms with Crippen LogP contribution in [0.15, 0.2) is 10.2 Å². The predicted molar refractivity (Wildman–Crippen MR) is 190 cm³/mol. The molecule has 1 aliphatic heterocycles. The molecule has 4 N–H and O–H groups in total. The predicted octanol–water partition coefficient (Wildman–Crippen LogP) is -12.4. The quantitative estimate of drug-likeness (QED) is 0.0455. The largest absolute Gasteiger partial charge is 1.00 e. The maximum atomic E-state index is 12.3. The van der Waals surface area contributed by atoms with Gasteiger partial charge in [0.25, 0.3) is 0 Å². The Bertz CT molecular complexity index is 1630. The van der Waals surface area contributed by atoms with Crippen LogP contribution in [0.5, 0.6) is 0 Å². The van der Waals surface area contributed by atoms with Crippen molar-refractivity contribution in [3.05, 3.63) is 0 Å². The molecule has 3 aliphatic carbocycles. The summed E-state index contributed by atoms with van der Waals surface area (Å²) in [5, 5.41) is 19.9. The average molecular weight is 949 g/mol. The third-order valence-electron chi connectivity index (χ3n) is 10.2. The summed E-state index contributed by atoms with van der Waals surface area (Å²) in [7, 11) is -16.7. The van der Waals surface area contributed by atoms with Crippen LogP contribution >= 0.6 is 23.5 Å². The van der Waals surface area contributed by atoms with Gasteiger partial charge in [0.15, 0.2) is 0 Å². The summed E-state index contributed by atoms with van der Waals surface area (Å²) in [4.78, 5) is 0. The van der Waals surface area contributed by atoms with Gasteiger partial charge < -0.3 is 22.9 Å². The van der Waals surface area contributed by atoms with E-state index in [1.807, 2.05) is 6.92 Å². The van der Waals surface area contributed by atoms with E-state index < -0.39 is 97.6 Å². The van der Waals surface area contributed by atoms with Gasteiger partial charge in [0.2, 0.25) is 0 Å². The Morgan fingerprint density at radius 3 is 1.71 bits per heavy atom. The third-order valence-corrected chi connectivity index (χ3v) is 16.6. The normalized spacial score (nSPS) is 34.2. The van der Waals surface area contributed by atoms with Crippen molar-refractivity contribution >= 4 is 64.0 Å². The first kappa shape index (κ1) is 59.7. The van der Waals surface area contributed by atoms with Crippen molar-refractivity contribution in [2.75, 3.05) is 30.1 Å². The fourth-order valence-corrected chi connectivity index (χ4v) is 13.7. The number of nitrogens with zero attached hydrogens (tertiary/aromatic N) is 2. The number of hydrogen-bond acceptors (Lipinski definition) is 21. The molecule has 0 aromatic heterocycles. The van der Waals surface area contributed by atoms with Gasteiger partial charge >= 0.3 is 118 Å². The molecule has 11 atom stereocenters. The molecule has 4 rings (SSSR count). The first-order valence-electron chi connectivity index (χ1n) is 17.1. The summed E-state index contributed by atoms with van der Waals surface area (Å²) < 4.78 is 145. The molecule has 0 aromatic rings. The second-order valence-electron chi connectivity index (χ2n) is 13.9. The standard InChI is InChI=1S/C27H52N6O13S6.4Na/c1-16-12-21(28-25-29-26(47-8-4-10-49(34,35)36)31-27(30-25)48-9-5-11-50(37,38)39)22(46-2)15-20(16)33-32-17-13-19-18(24(14-17)52(43,44)45)6-3-7-23(19)51(40,41)42;;;;/h16-31H,3-15H2,1-2H3,(H,34,35,36)(H,37,38,39)(H,40,41,42)(H,43,44,45);;;;/q;4*+1/p-4. The Morgan fingerprint density at radius 1 is 0.696 bits per heavy atom. The first-order chi connectivity index (χ1) is 24.1. The van der Waals surface area contributed by atoms with E-state index in [2.05, 4.69) is 31.5 Å². The summed E-state index contributed by atoms with van der Waals surface area (Å²) in [6.45, 7) is 1.97. The number of rotatable bonds is 17. The van der Waals surface area contributed by atoms with Crippen LogP contribution in [0.4, 0.5) is 0 Å². The zero-order valence-electron chi connectivity index (χ0n) is 32.8. The van der Waals surface area contributed by atoms with Gasteiger partial charge in [-0.1, -0.05) is 13.3 Å². The maximum absolute atomic E-state index is 12.3. The van der Waals surface area contributed by atoms with E-state index in [0.717, 1.165) is 0 Å². The molecule has 0 spiro atoms. The zero-order chi connectivity index (χ0) is 38.5. The summed E-state index contributed by atoms with van der Waals surface area (Å²) >= 11 is 2.71. The Kier molecular flexibility index (Phi) is 28.4. The molecule has 29 heteroatoms. The Labute approximate surface area is 428 Å². The van der Waals surface area contributed by atoms with Crippen LogP contribution in [-0.2, 0) is 45.2 Å². The summed E-state index contributed by atoms with van der Waals surface area (Å²) in [6.07, 6.45) is 1.30.